The zero-order chi connectivity index (χ0) is 19.6. The van der Waals surface area contributed by atoms with Gasteiger partial charge in [0.05, 0.1) is 22.7 Å². The summed E-state index contributed by atoms with van der Waals surface area (Å²) in [6.45, 7) is 2.34. The van der Waals surface area contributed by atoms with Crippen molar-refractivity contribution in [3.8, 4) is 11.3 Å². The quantitative estimate of drug-likeness (QED) is 0.698. The molecular weight excluding hydrogens is 411 g/mol. The van der Waals surface area contributed by atoms with Crippen molar-refractivity contribution in [3.05, 3.63) is 40.3 Å². The molecule has 0 aliphatic carbocycles. The number of carbonyl (C=O) groups excluding carboxylic acids is 1. The van der Waals surface area contributed by atoms with Gasteiger partial charge < -0.3 is 9.32 Å². The molecule has 1 aliphatic rings. The first kappa shape index (κ1) is 20.2. The summed E-state index contributed by atoms with van der Waals surface area (Å²) in [6, 6.07) is 4.85. The van der Waals surface area contributed by atoms with Gasteiger partial charge in [0.1, 0.15) is 0 Å². The zero-order valence-electron chi connectivity index (χ0n) is 14.8. The van der Waals surface area contributed by atoms with Gasteiger partial charge in [-0.1, -0.05) is 23.2 Å². The molecule has 0 spiro atoms. The Labute approximate surface area is 168 Å². The van der Waals surface area contributed by atoms with E-state index in [1.807, 2.05) is 6.92 Å². The van der Waals surface area contributed by atoms with Gasteiger partial charge in [-0.05, 0) is 31.5 Å². The van der Waals surface area contributed by atoms with Gasteiger partial charge in [0.2, 0.25) is 5.91 Å². The van der Waals surface area contributed by atoms with Crippen LogP contribution in [0.25, 0.3) is 11.3 Å². The molecule has 0 saturated carbocycles. The number of oxazole rings is 1. The van der Waals surface area contributed by atoms with Crippen LogP contribution >= 0.6 is 23.2 Å². The molecule has 0 N–H and O–H groups in total. The average molecular weight is 431 g/mol. The lowest BCUT2D eigenvalue weighted by atomic mass is 10.2. The molecule has 2 heterocycles. The number of sulfone groups is 1. The molecule has 146 valence electrons. The van der Waals surface area contributed by atoms with Crippen molar-refractivity contribution >= 4 is 38.9 Å². The zero-order valence-corrected chi connectivity index (χ0v) is 17.1. The second-order valence-corrected chi connectivity index (χ2v) is 9.55. The first-order valence-corrected chi connectivity index (χ1v) is 11.3. The van der Waals surface area contributed by atoms with E-state index in [0.29, 0.717) is 46.6 Å². The van der Waals surface area contributed by atoms with Gasteiger partial charge in [0.15, 0.2) is 21.5 Å². The van der Waals surface area contributed by atoms with E-state index in [-0.39, 0.29) is 29.9 Å². The smallest absolute Gasteiger partial charge is 0.223 e. The topological polar surface area (TPSA) is 80.5 Å². The highest BCUT2D eigenvalue weighted by Gasteiger charge is 2.33. The number of aromatic nitrogens is 1. The second kappa shape index (κ2) is 8.20. The molecule has 0 bridgehead atoms. The summed E-state index contributed by atoms with van der Waals surface area (Å²) >= 11 is 12.1. The third kappa shape index (κ3) is 4.83. The summed E-state index contributed by atoms with van der Waals surface area (Å²) < 4.78 is 29.0. The molecule has 1 fully saturated rings. The summed E-state index contributed by atoms with van der Waals surface area (Å²) in [5, 5.41) is 0.989. The normalized spacial score (nSPS) is 18.6. The highest BCUT2D eigenvalue weighted by atomic mass is 35.5. The summed E-state index contributed by atoms with van der Waals surface area (Å²) in [5.74, 6) is 1.04. The van der Waals surface area contributed by atoms with Crippen molar-refractivity contribution in [2.24, 2.45) is 0 Å². The maximum Gasteiger partial charge on any atom is 0.223 e. The molecule has 2 aromatic rings. The Balaban J connectivity index is 1.63. The van der Waals surface area contributed by atoms with Gasteiger partial charge in [-0.2, -0.15) is 0 Å². The fraction of sp³-hybridized carbons (Fsp3) is 0.444. The van der Waals surface area contributed by atoms with Crippen LogP contribution < -0.4 is 0 Å². The summed E-state index contributed by atoms with van der Waals surface area (Å²) in [5.41, 5.74) is 0.678. The molecule has 1 aromatic heterocycles. The molecule has 27 heavy (non-hydrogen) atoms. The van der Waals surface area contributed by atoms with Crippen LogP contribution in [-0.2, 0) is 21.1 Å². The molecule has 3 rings (SSSR count). The lowest BCUT2D eigenvalue weighted by Gasteiger charge is -2.26. The Hall–Kier alpha value is -1.57. The maximum absolute atomic E-state index is 12.5. The van der Waals surface area contributed by atoms with Gasteiger partial charge in [-0.25, -0.2) is 13.4 Å². The minimum absolute atomic E-state index is 0.0464. The number of amides is 1. The number of carbonyl (C=O) groups is 1. The fourth-order valence-corrected chi connectivity index (χ4v) is 5.49. The van der Waals surface area contributed by atoms with Crippen LogP contribution in [0.1, 0.15) is 25.7 Å². The molecule has 9 heteroatoms. The highest BCUT2D eigenvalue weighted by molar-refractivity contribution is 7.91. The van der Waals surface area contributed by atoms with Crippen LogP contribution in [0.3, 0.4) is 0 Å². The number of rotatable bonds is 6. The van der Waals surface area contributed by atoms with E-state index < -0.39 is 9.84 Å². The van der Waals surface area contributed by atoms with Crippen LogP contribution in [0.2, 0.25) is 10.0 Å². The Kier molecular flexibility index (Phi) is 6.13. The molecule has 1 aliphatic heterocycles. The summed E-state index contributed by atoms with van der Waals surface area (Å²) in [4.78, 5) is 18.4. The molecule has 0 radical (unpaired) electrons. The number of aryl methyl sites for hydroxylation is 1. The predicted octanol–water partition coefficient (Wildman–Crippen LogP) is 3.62. The van der Waals surface area contributed by atoms with E-state index in [0.717, 1.165) is 0 Å². The Morgan fingerprint density at radius 2 is 2.15 bits per heavy atom. The lowest BCUT2D eigenvalue weighted by Crippen LogP contribution is -2.41. The third-order valence-electron chi connectivity index (χ3n) is 4.61. The fourth-order valence-electron chi connectivity index (χ4n) is 3.26. The van der Waals surface area contributed by atoms with Crippen LogP contribution in [0, 0.1) is 0 Å². The predicted molar refractivity (Wildman–Crippen MR) is 105 cm³/mol. The lowest BCUT2D eigenvalue weighted by molar-refractivity contribution is -0.132. The van der Waals surface area contributed by atoms with Gasteiger partial charge in [0, 0.05) is 36.0 Å². The molecule has 1 amide bonds. The molecule has 1 aromatic carbocycles. The minimum Gasteiger partial charge on any atom is -0.441 e. The summed E-state index contributed by atoms with van der Waals surface area (Å²) in [7, 11) is -3.03. The van der Waals surface area contributed by atoms with E-state index in [2.05, 4.69) is 4.98 Å². The molecule has 1 saturated heterocycles. The van der Waals surface area contributed by atoms with E-state index >= 15 is 0 Å². The third-order valence-corrected chi connectivity index (χ3v) is 6.91. The van der Waals surface area contributed by atoms with Gasteiger partial charge in [0.25, 0.3) is 0 Å². The summed E-state index contributed by atoms with van der Waals surface area (Å²) in [6.07, 6.45) is 2.61. The maximum atomic E-state index is 12.5. The van der Waals surface area contributed by atoms with E-state index in [4.69, 9.17) is 27.6 Å². The van der Waals surface area contributed by atoms with Crippen molar-refractivity contribution < 1.29 is 17.6 Å². The number of halogens is 2. The number of hydrogen-bond donors (Lipinski definition) is 0. The first-order chi connectivity index (χ1) is 12.8. The molecular formula is C18H20Cl2N2O4S. The minimum atomic E-state index is -3.03. The SMILES string of the molecule is CCN(C(=O)CCc1ncc(-c2ccc(Cl)cc2Cl)o1)C1CCS(=O)(=O)C1. The molecule has 6 nitrogen and oxygen atoms in total. The molecule has 1 atom stereocenters. The molecule has 1 unspecified atom stereocenters. The van der Waals surface area contributed by atoms with E-state index in [1.54, 1.807) is 29.3 Å². The van der Waals surface area contributed by atoms with Gasteiger partial charge in [-0.15, -0.1) is 0 Å². The van der Waals surface area contributed by atoms with Crippen LogP contribution in [0.15, 0.2) is 28.8 Å². The Morgan fingerprint density at radius 1 is 1.37 bits per heavy atom. The van der Waals surface area contributed by atoms with Crippen molar-refractivity contribution in [3.63, 3.8) is 0 Å². The van der Waals surface area contributed by atoms with Crippen LogP contribution in [0.4, 0.5) is 0 Å². The second-order valence-electron chi connectivity index (χ2n) is 6.48. The number of nitrogens with zero attached hydrogens (tertiary/aromatic N) is 2. The average Bonchev–Trinajstić information content (AvgIpc) is 3.20. The standard InChI is InChI=1S/C18H20Cl2N2O4S/c1-2-22(13-7-8-27(24,25)11-13)18(23)6-5-17-21-10-16(26-17)14-4-3-12(19)9-15(14)20/h3-4,9-10,13H,2,5-8,11H2,1H3. The largest absolute Gasteiger partial charge is 0.441 e. The van der Waals surface area contributed by atoms with Crippen molar-refractivity contribution in [2.75, 3.05) is 18.1 Å². The Morgan fingerprint density at radius 3 is 2.78 bits per heavy atom. The highest BCUT2D eigenvalue weighted by Crippen LogP contribution is 2.31. The van der Waals surface area contributed by atoms with Gasteiger partial charge >= 0.3 is 0 Å². The number of benzene rings is 1. The van der Waals surface area contributed by atoms with Crippen LogP contribution in [-0.4, -0.2) is 48.3 Å². The van der Waals surface area contributed by atoms with Crippen molar-refractivity contribution in [1.29, 1.82) is 0 Å². The van der Waals surface area contributed by atoms with E-state index in [1.165, 1.54) is 0 Å². The van der Waals surface area contributed by atoms with E-state index in [9.17, 15) is 13.2 Å². The number of hydrogen-bond acceptors (Lipinski definition) is 5. The Bertz CT molecular complexity index is 943. The monoisotopic (exact) mass is 430 g/mol. The first-order valence-electron chi connectivity index (χ1n) is 8.69. The van der Waals surface area contributed by atoms with Crippen molar-refractivity contribution in [2.45, 2.75) is 32.2 Å². The van der Waals surface area contributed by atoms with Crippen molar-refractivity contribution in [1.82, 2.24) is 9.88 Å². The van der Waals surface area contributed by atoms with Gasteiger partial charge in [-0.3, -0.25) is 4.79 Å². The van der Waals surface area contributed by atoms with Crippen LogP contribution in [0.5, 0.6) is 0 Å².